The first-order valence-corrected chi connectivity index (χ1v) is 9.95. The lowest BCUT2D eigenvalue weighted by Gasteiger charge is -2.08. The largest absolute Gasteiger partial charge is 0.378 e. The molecule has 0 bridgehead atoms. The number of aromatic nitrogens is 3. The molecule has 0 amide bonds. The van der Waals surface area contributed by atoms with E-state index in [1.165, 1.54) is 0 Å². The zero-order valence-corrected chi connectivity index (χ0v) is 17.9. The van der Waals surface area contributed by atoms with Crippen molar-refractivity contribution in [3.63, 3.8) is 0 Å². The van der Waals surface area contributed by atoms with Crippen molar-refractivity contribution in [2.75, 3.05) is 79.7 Å². The molecule has 0 saturated carbocycles. The van der Waals surface area contributed by atoms with E-state index in [1.54, 1.807) is 33.5 Å². The first-order chi connectivity index (χ1) is 13.2. The molecule has 156 valence electrons. The van der Waals surface area contributed by atoms with Crippen molar-refractivity contribution in [3.8, 4) is 0 Å². The molecule has 0 aliphatic heterocycles. The van der Waals surface area contributed by atoms with Gasteiger partial charge < -0.3 is 29.0 Å². The third kappa shape index (κ3) is 14.0. The molecule has 0 spiro atoms. The molecule has 1 aromatic rings. The van der Waals surface area contributed by atoms with Crippen LogP contribution in [0.5, 0.6) is 0 Å². The number of rotatable bonds is 19. The summed E-state index contributed by atoms with van der Waals surface area (Å²) in [6.07, 6.45) is 1.60. The summed E-state index contributed by atoms with van der Waals surface area (Å²) in [6.45, 7) is 6.84. The van der Waals surface area contributed by atoms with Gasteiger partial charge in [0, 0.05) is 29.1 Å². The second-order valence-electron chi connectivity index (χ2n) is 5.31. The number of nitrogens with zero attached hydrogens (tertiary/aromatic N) is 3. The van der Waals surface area contributed by atoms with Gasteiger partial charge in [-0.2, -0.15) is 0 Å². The Morgan fingerprint density at radius 3 is 1.85 bits per heavy atom. The Balaban J connectivity index is 1.76. The lowest BCUT2D eigenvalue weighted by atomic mass is 10.5. The van der Waals surface area contributed by atoms with Crippen molar-refractivity contribution >= 4 is 26.4 Å². The van der Waals surface area contributed by atoms with Crippen molar-refractivity contribution < 1.29 is 28.5 Å². The van der Waals surface area contributed by atoms with Gasteiger partial charge in [-0.3, -0.25) is 4.79 Å². The summed E-state index contributed by atoms with van der Waals surface area (Å²) in [5.74, 6) is 0. The molecule has 0 radical (unpaired) electrons. The molecule has 1 heterocycles. The Hall–Kier alpha value is -0.700. The number of hydrogen-bond donors (Lipinski definition) is 1. The molecule has 0 atom stereocenters. The molecular weight excluding hydrogens is 471 g/mol. The third-order valence-corrected chi connectivity index (χ3v) is 3.74. The smallest absolute Gasteiger partial charge is 0.244 e. The van der Waals surface area contributed by atoms with Gasteiger partial charge in [0.25, 0.3) is 0 Å². The molecule has 1 rings (SSSR count). The maximum Gasteiger partial charge on any atom is 0.244 e. The van der Waals surface area contributed by atoms with Gasteiger partial charge in [-0.1, -0.05) is 5.21 Å². The number of halogens is 1. The fourth-order valence-electron chi connectivity index (χ4n) is 1.81. The van der Waals surface area contributed by atoms with E-state index in [0.717, 1.165) is 6.54 Å². The minimum atomic E-state index is -0.129. The summed E-state index contributed by atoms with van der Waals surface area (Å²) in [4.78, 5) is 11.1. The van der Waals surface area contributed by atoms with E-state index in [9.17, 15) is 4.79 Å². The Labute approximate surface area is 173 Å². The van der Waals surface area contributed by atoms with Crippen LogP contribution in [-0.4, -0.2) is 98.4 Å². The van der Waals surface area contributed by atoms with Gasteiger partial charge in [0.15, 0.2) is 5.69 Å². The van der Waals surface area contributed by atoms with Gasteiger partial charge >= 0.3 is 0 Å². The number of hydrogen-bond acceptors (Lipinski definition) is 9. The van der Waals surface area contributed by atoms with Crippen LogP contribution < -0.4 is 5.32 Å². The molecular formula is C16H29IN4O6. The molecule has 10 nitrogen and oxygen atoms in total. The van der Waals surface area contributed by atoms with Crippen LogP contribution >= 0.6 is 22.6 Å². The number of nitrogens with one attached hydrogen (secondary N) is 1. The highest BCUT2D eigenvalue weighted by Crippen LogP contribution is 2.00. The van der Waals surface area contributed by atoms with Gasteiger partial charge in [-0.25, -0.2) is 4.68 Å². The monoisotopic (exact) mass is 500 g/mol. The van der Waals surface area contributed by atoms with Crippen molar-refractivity contribution in [1.82, 2.24) is 20.3 Å². The van der Waals surface area contributed by atoms with Gasteiger partial charge in [0.05, 0.1) is 78.8 Å². The predicted octanol–water partition coefficient (Wildman–Crippen LogP) is 0.156. The quantitative estimate of drug-likeness (QED) is 0.162. The summed E-state index contributed by atoms with van der Waals surface area (Å²) in [7, 11) is 1.89. The van der Waals surface area contributed by atoms with E-state index < -0.39 is 0 Å². The topological polar surface area (TPSA) is 106 Å². The van der Waals surface area contributed by atoms with E-state index in [-0.39, 0.29) is 3.79 Å². The fraction of sp³-hybridized carbons (Fsp3) is 0.812. The molecule has 0 aliphatic rings. The van der Waals surface area contributed by atoms with Gasteiger partial charge in [-0.05, 0) is 7.05 Å². The highest BCUT2D eigenvalue weighted by molar-refractivity contribution is 14.1. The normalized spacial score (nSPS) is 11.2. The predicted molar refractivity (Wildman–Crippen MR) is 106 cm³/mol. The van der Waals surface area contributed by atoms with E-state index >= 15 is 0 Å². The second-order valence-corrected chi connectivity index (χ2v) is 6.29. The Bertz CT molecular complexity index is 491. The minimum Gasteiger partial charge on any atom is -0.378 e. The van der Waals surface area contributed by atoms with Gasteiger partial charge in [0.2, 0.25) is 3.79 Å². The van der Waals surface area contributed by atoms with Crippen LogP contribution in [0.3, 0.4) is 0 Å². The van der Waals surface area contributed by atoms with Crippen LogP contribution in [-0.2, 0) is 30.2 Å². The maximum absolute atomic E-state index is 11.1. The van der Waals surface area contributed by atoms with Crippen molar-refractivity contribution in [2.45, 2.75) is 6.54 Å². The molecule has 0 saturated heterocycles. The van der Waals surface area contributed by atoms with Crippen molar-refractivity contribution in [2.24, 2.45) is 0 Å². The van der Waals surface area contributed by atoms with E-state index in [4.69, 9.17) is 23.7 Å². The summed E-state index contributed by atoms with van der Waals surface area (Å²) in [5, 5.41) is 10.6. The molecule has 1 aromatic heterocycles. The first-order valence-electron chi connectivity index (χ1n) is 8.87. The number of carbonyl (C=O) groups is 1. The lowest BCUT2D eigenvalue weighted by molar-refractivity contribution is -0.0113. The number of likely N-dealkylation sites (N-methyl/N-ethyl adjacent to an activating group) is 1. The molecule has 0 aromatic carbocycles. The first kappa shape index (κ1) is 24.3. The van der Waals surface area contributed by atoms with E-state index in [0.29, 0.717) is 78.3 Å². The highest BCUT2D eigenvalue weighted by atomic mass is 127. The standard InChI is InChI=1S/C16H29IN4O6/c1-18-2-4-23-6-8-25-10-12-27-13-11-26-9-7-24-5-3-21-14-15(16(17)22)19-20-21/h14,18H,2-13H2,1H3. The zero-order chi connectivity index (χ0) is 19.6. The van der Waals surface area contributed by atoms with Crippen LogP contribution in [0.2, 0.25) is 0 Å². The molecule has 1 N–H and O–H groups in total. The molecule has 27 heavy (non-hydrogen) atoms. The van der Waals surface area contributed by atoms with Crippen LogP contribution in [0.1, 0.15) is 10.5 Å². The van der Waals surface area contributed by atoms with Gasteiger partial charge in [-0.15, -0.1) is 5.10 Å². The second kappa shape index (κ2) is 17.4. The van der Waals surface area contributed by atoms with E-state index in [1.807, 2.05) is 7.05 Å². The fourth-order valence-corrected chi connectivity index (χ4v) is 2.06. The molecule has 0 fully saturated rings. The molecule has 0 aliphatic carbocycles. The van der Waals surface area contributed by atoms with Crippen LogP contribution in [0.4, 0.5) is 0 Å². The summed E-state index contributed by atoms with van der Waals surface area (Å²) in [6, 6.07) is 0. The number of carbonyl (C=O) groups excluding carboxylic acids is 1. The minimum absolute atomic E-state index is 0.129. The third-order valence-electron chi connectivity index (χ3n) is 3.19. The molecule has 0 unspecified atom stereocenters. The SMILES string of the molecule is CNCCOCCOCCOCCOCCOCCn1cc(C(=O)I)nn1. The zero-order valence-electron chi connectivity index (χ0n) is 15.7. The van der Waals surface area contributed by atoms with Crippen LogP contribution in [0.15, 0.2) is 6.20 Å². The Morgan fingerprint density at radius 2 is 1.41 bits per heavy atom. The van der Waals surface area contributed by atoms with Crippen molar-refractivity contribution in [1.29, 1.82) is 0 Å². The van der Waals surface area contributed by atoms with Crippen LogP contribution in [0, 0.1) is 0 Å². The van der Waals surface area contributed by atoms with E-state index in [2.05, 4.69) is 15.6 Å². The number of ether oxygens (including phenoxy) is 5. The summed E-state index contributed by atoms with van der Waals surface area (Å²) in [5.41, 5.74) is 0.349. The highest BCUT2D eigenvalue weighted by Gasteiger charge is 2.06. The Kier molecular flexibility index (Phi) is 15.7. The van der Waals surface area contributed by atoms with Crippen molar-refractivity contribution in [3.05, 3.63) is 11.9 Å². The van der Waals surface area contributed by atoms with Crippen LogP contribution in [0.25, 0.3) is 0 Å². The van der Waals surface area contributed by atoms with Gasteiger partial charge in [0.1, 0.15) is 0 Å². The maximum atomic E-state index is 11.1. The average molecular weight is 500 g/mol. The summed E-state index contributed by atoms with van der Waals surface area (Å²) >= 11 is 1.68. The lowest BCUT2D eigenvalue weighted by Crippen LogP contribution is -2.17. The molecule has 11 heteroatoms. The Morgan fingerprint density at radius 1 is 0.926 bits per heavy atom. The summed E-state index contributed by atoms with van der Waals surface area (Å²) < 4.78 is 28.4. The average Bonchev–Trinajstić information content (AvgIpc) is 3.13.